The number of hydrogen-bond donors (Lipinski definition) is 0. The lowest BCUT2D eigenvalue weighted by molar-refractivity contribution is -0.384. The van der Waals surface area contributed by atoms with E-state index >= 15 is 0 Å². The lowest BCUT2D eigenvalue weighted by Gasteiger charge is -2.38. The van der Waals surface area contributed by atoms with Crippen LogP contribution in [-0.4, -0.2) is 84.5 Å². The minimum atomic E-state index is -0.372. The van der Waals surface area contributed by atoms with Crippen LogP contribution in [0, 0.1) is 21.4 Å². The van der Waals surface area contributed by atoms with Crippen LogP contribution in [0.5, 0.6) is 0 Å². The Morgan fingerprint density at radius 1 is 1.03 bits per heavy atom. The summed E-state index contributed by atoms with van der Waals surface area (Å²) in [7, 11) is 0. The number of anilines is 2. The van der Waals surface area contributed by atoms with Crippen LogP contribution in [0.4, 0.5) is 17.3 Å². The Labute approximate surface area is 207 Å². The molecule has 4 heterocycles. The number of rotatable bonds is 6. The molecule has 2 saturated heterocycles. The molecule has 0 spiro atoms. The normalized spacial score (nSPS) is 16.7. The van der Waals surface area contributed by atoms with Gasteiger partial charge in [-0.2, -0.15) is 10.2 Å². The molecule has 2 fully saturated rings. The van der Waals surface area contributed by atoms with Gasteiger partial charge in [-0.3, -0.25) is 19.8 Å². The van der Waals surface area contributed by atoms with Gasteiger partial charge in [0.2, 0.25) is 17.5 Å². The van der Waals surface area contributed by atoms with Crippen molar-refractivity contribution >= 4 is 23.2 Å². The molecule has 0 N–H and O–H groups in total. The number of aromatic nitrogens is 1. The number of carbonyl (C=O) groups is 1. The minimum Gasteiger partial charge on any atom is -0.459 e. The molecule has 1 aromatic carbocycles. The Bertz CT molecular complexity index is 1270. The van der Waals surface area contributed by atoms with E-state index in [0.29, 0.717) is 76.2 Å². The first-order valence-corrected chi connectivity index (χ1v) is 11.7. The number of nitro groups is 1. The van der Waals surface area contributed by atoms with Gasteiger partial charge in [-0.25, -0.2) is 0 Å². The third-order valence-electron chi connectivity index (χ3n) is 6.52. The van der Waals surface area contributed by atoms with Crippen molar-refractivity contribution in [2.75, 3.05) is 68.7 Å². The summed E-state index contributed by atoms with van der Waals surface area (Å²) < 4.78 is 11.1. The number of nitro benzene ring substituents is 1. The summed E-state index contributed by atoms with van der Waals surface area (Å²) in [6.07, 6.45) is 1.52. The molecule has 12 heteroatoms. The van der Waals surface area contributed by atoms with Crippen LogP contribution in [0.3, 0.4) is 0 Å². The highest BCUT2D eigenvalue weighted by atomic mass is 16.6. The molecule has 36 heavy (non-hydrogen) atoms. The number of furan rings is 1. The van der Waals surface area contributed by atoms with Crippen molar-refractivity contribution in [3.05, 3.63) is 58.5 Å². The van der Waals surface area contributed by atoms with Gasteiger partial charge in [0.15, 0.2) is 5.76 Å². The quantitative estimate of drug-likeness (QED) is 0.373. The zero-order valence-corrected chi connectivity index (χ0v) is 19.6. The van der Waals surface area contributed by atoms with Gasteiger partial charge < -0.3 is 23.5 Å². The van der Waals surface area contributed by atoms with Crippen molar-refractivity contribution < 1.29 is 18.6 Å². The lowest BCUT2D eigenvalue weighted by Crippen LogP contribution is -2.54. The van der Waals surface area contributed by atoms with Gasteiger partial charge in [-0.1, -0.05) is 12.1 Å². The highest BCUT2D eigenvalue weighted by molar-refractivity contribution is 5.79. The Balaban J connectivity index is 1.13. The fourth-order valence-corrected chi connectivity index (χ4v) is 4.59. The molecule has 2 aliphatic heterocycles. The number of nitrogens with zero attached hydrogens (tertiary/aromatic N) is 7. The fraction of sp³-hybridized carbons (Fsp3) is 0.375. The smallest absolute Gasteiger partial charge is 0.292 e. The van der Waals surface area contributed by atoms with E-state index in [1.54, 1.807) is 30.3 Å². The molecule has 5 rings (SSSR count). The van der Waals surface area contributed by atoms with Gasteiger partial charge in [0.05, 0.1) is 17.7 Å². The molecule has 1 amide bonds. The van der Waals surface area contributed by atoms with Crippen molar-refractivity contribution in [1.29, 1.82) is 5.26 Å². The second-order valence-corrected chi connectivity index (χ2v) is 8.64. The number of hydrogen-bond acceptors (Lipinski definition) is 10. The van der Waals surface area contributed by atoms with Gasteiger partial charge in [0.1, 0.15) is 11.8 Å². The summed E-state index contributed by atoms with van der Waals surface area (Å²) in [5, 5.41) is 20.8. The topological polar surface area (TPSA) is 136 Å². The first-order valence-electron chi connectivity index (χ1n) is 11.7. The molecular weight excluding hydrogens is 466 g/mol. The Kier molecular flexibility index (Phi) is 6.55. The number of amides is 1. The van der Waals surface area contributed by atoms with E-state index in [2.05, 4.69) is 16.0 Å². The maximum atomic E-state index is 12.9. The summed E-state index contributed by atoms with van der Waals surface area (Å²) in [6.45, 7) is 4.91. The summed E-state index contributed by atoms with van der Waals surface area (Å²) in [5.41, 5.74) is 0.880. The fourth-order valence-electron chi connectivity index (χ4n) is 4.59. The van der Waals surface area contributed by atoms with Gasteiger partial charge in [0.25, 0.3) is 11.6 Å². The predicted octanol–water partition coefficient (Wildman–Crippen LogP) is 2.19. The molecule has 0 saturated carbocycles. The Hall–Kier alpha value is -4.37. The van der Waals surface area contributed by atoms with Crippen molar-refractivity contribution in [3.63, 3.8) is 0 Å². The van der Waals surface area contributed by atoms with Gasteiger partial charge in [0, 0.05) is 58.4 Å². The summed E-state index contributed by atoms with van der Waals surface area (Å²) in [6, 6.07) is 12.2. The standard InChI is InChI=1S/C24H25N7O5/c25-16-18-24(36-23(26-18)21-6-3-15-35-21)30-9-7-27(8-10-30)17-22(32)29-13-11-28(12-14-29)19-4-1-2-5-20(19)31(33)34/h1-6,15H,7-14,17H2. The molecular formula is C24H25N7O5. The van der Waals surface area contributed by atoms with E-state index in [-0.39, 0.29) is 28.1 Å². The van der Waals surface area contributed by atoms with Crippen LogP contribution < -0.4 is 9.80 Å². The zero-order chi connectivity index (χ0) is 25.1. The summed E-state index contributed by atoms with van der Waals surface area (Å²) in [4.78, 5) is 36.0. The molecule has 2 aliphatic rings. The maximum Gasteiger partial charge on any atom is 0.292 e. The van der Waals surface area contributed by atoms with Crippen molar-refractivity contribution in [2.45, 2.75) is 0 Å². The molecule has 0 unspecified atom stereocenters. The van der Waals surface area contributed by atoms with Crippen LogP contribution in [0.15, 0.2) is 51.5 Å². The third kappa shape index (κ3) is 4.73. The number of benzene rings is 1. The zero-order valence-electron chi connectivity index (χ0n) is 19.6. The van der Waals surface area contributed by atoms with E-state index in [1.807, 2.05) is 14.7 Å². The van der Waals surface area contributed by atoms with Crippen LogP contribution >= 0.6 is 0 Å². The number of carbonyl (C=O) groups excluding carboxylic acids is 1. The molecule has 0 aliphatic carbocycles. The average molecular weight is 492 g/mol. The van der Waals surface area contributed by atoms with E-state index in [0.717, 1.165) is 0 Å². The molecule has 186 valence electrons. The molecule has 0 radical (unpaired) electrons. The lowest BCUT2D eigenvalue weighted by atomic mass is 10.2. The largest absolute Gasteiger partial charge is 0.459 e. The van der Waals surface area contributed by atoms with Crippen LogP contribution in [0.1, 0.15) is 5.69 Å². The van der Waals surface area contributed by atoms with Crippen molar-refractivity contribution in [2.24, 2.45) is 0 Å². The highest BCUT2D eigenvalue weighted by Crippen LogP contribution is 2.30. The van der Waals surface area contributed by atoms with E-state index in [1.165, 1.54) is 12.3 Å². The average Bonchev–Trinajstić information content (AvgIpc) is 3.59. The van der Waals surface area contributed by atoms with Crippen LogP contribution in [0.25, 0.3) is 11.7 Å². The third-order valence-corrected chi connectivity index (χ3v) is 6.52. The number of oxazole rings is 1. The van der Waals surface area contributed by atoms with Gasteiger partial charge in [-0.15, -0.1) is 0 Å². The number of piperazine rings is 2. The molecule has 0 bridgehead atoms. The molecule has 12 nitrogen and oxygen atoms in total. The highest BCUT2D eigenvalue weighted by Gasteiger charge is 2.29. The van der Waals surface area contributed by atoms with Crippen molar-refractivity contribution in [3.8, 4) is 17.7 Å². The number of nitriles is 1. The second kappa shape index (κ2) is 10.1. The number of para-hydroxylation sites is 2. The first kappa shape index (κ1) is 23.4. The first-order chi connectivity index (χ1) is 17.5. The monoisotopic (exact) mass is 491 g/mol. The summed E-state index contributed by atoms with van der Waals surface area (Å²) in [5.74, 6) is 1.19. The van der Waals surface area contributed by atoms with Crippen molar-refractivity contribution in [1.82, 2.24) is 14.8 Å². The van der Waals surface area contributed by atoms with Gasteiger partial charge in [-0.05, 0) is 18.2 Å². The Morgan fingerprint density at radius 3 is 2.42 bits per heavy atom. The predicted molar refractivity (Wildman–Crippen MR) is 129 cm³/mol. The Morgan fingerprint density at radius 2 is 1.75 bits per heavy atom. The molecule has 0 atom stereocenters. The van der Waals surface area contributed by atoms with Crippen LogP contribution in [0.2, 0.25) is 0 Å². The second-order valence-electron chi connectivity index (χ2n) is 8.64. The maximum absolute atomic E-state index is 12.9. The van der Waals surface area contributed by atoms with E-state index in [4.69, 9.17) is 8.83 Å². The van der Waals surface area contributed by atoms with Gasteiger partial charge >= 0.3 is 0 Å². The van der Waals surface area contributed by atoms with Crippen LogP contribution in [-0.2, 0) is 4.79 Å². The minimum absolute atomic E-state index is 0.0446. The van der Waals surface area contributed by atoms with E-state index < -0.39 is 0 Å². The molecule has 2 aromatic heterocycles. The SMILES string of the molecule is N#Cc1nc(-c2ccco2)oc1N1CCN(CC(=O)N2CCN(c3ccccc3[N+](=O)[O-])CC2)CC1. The summed E-state index contributed by atoms with van der Waals surface area (Å²) >= 11 is 0. The van der Waals surface area contributed by atoms with E-state index in [9.17, 15) is 20.2 Å². The molecule has 3 aromatic rings.